The SMILES string of the molecule is CN=C(NCCCOC1CCCCC1)N1CCCC(CC(N)=O)C1.I. The molecular formula is C18H35IN4O2. The minimum Gasteiger partial charge on any atom is -0.378 e. The van der Waals surface area contributed by atoms with Crippen molar-refractivity contribution < 1.29 is 9.53 Å². The standard InChI is InChI=1S/C18H34N4O2.HI/c1-20-18(22-11-5-7-15(14-22)13-17(19)23)21-10-6-12-24-16-8-3-2-4-9-16;/h15-16H,2-14H2,1H3,(H2,19,23)(H,20,21);1H. The van der Waals surface area contributed by atoms with E-state index in [0.717, 1.165) is 51.5 Å². The third kappa shape index (κ3) is 8.57. The Labute approximate surface area is 169 Å². The Morgan fingerprint density at radius 2 is 2.00 bits per heavy atom. The summed E-state index contributed by atoms with van der Waals surface area (Å²) in [5.74, 6) is 1.08. The molecule has 0 bridgehead atoms. The highest BCUT2D eigenvalue weighted by molar-refractivity contribution is 14.0. The topological polar surface area (TPSA) is 80.0 Å². The molecule has 25 heavy (non-hydrogen) atoms. The number of nitrogens with zero attached hydrogens (tertiary/aromatic N) is 2. The van der Waals surface area contributed by atoms with E-state index in [-0.39, 0.29) is 29.9 Å². The lowest BCUT2D eigenvalue weighted by molar-refractivity contribution is -0.119. The number of carbonyl (C=O) groups is 1. The lowest BCUT2D eigenvalue weighted by Crippen LogP contribution is -2.47. The number of rotatable bonds is 7. The number of ether oxygens (including phenoxy) is 1. The minimum absolute atomic E-state index is 0. The van der Waals surface area contributed by atoms with Crippen molar-refractivity contribution in [2.24, 2.45) is 16.6 Å². The van der Waals surface area contributed by atoms with Crippen LogP contribution in [0.1, 0.15) is 57.8 Å². The molecule has 2 rings (SSSR count). The number of amides is 1. The highest BCUT2D eigenvalue weighted by Gasteiger charge is 2.23. The second kappa shape index (κ2) is 12.7. The normalized spacial score (nSPS) is 22.4. The summed E-state index contributed by atoms with van der Waals surface area (Å²) in [6.45, 7) is 3.55. The van der Waals surface area contributed by atoms with E-state index < -0.39 is 0 Å². The first-order chi connectivity index (χ1) is 11.7. The lowest BCUT2D eigenvalue weighted by atomic mass is 9.95. The number of hydrogen-bond donors (Lipinski definition) is 2. The summed E-state index contributed by atoms with van der Waals surface area (Å²) in [5, 5.41) is 3.43. The highest BCUT2D eigenvalue weighted by atomic mass is 127. The summed E-state index contributed by atoms with van der Waals surface area (Å²) in [5.41, 5.74) is 5.34. The number of nitrogens with two attached hydrogens (primary N) is 1. The Bertz CT molecular complexity index is 414. The third-order valence-corrected chi connectivity index (χ3v) is 5.03. The van der Waals surface area contributed by atoms with Gasteiger partial charge in [-0.05, 0) is 38.0 Å². The molecule has 146 valence electrons. The van der Waals surface area contributed by atoms with E-state index in [2.05, 4.69) is 15.2 Å². The second-order valence-electron chi connectivity index (χ2n) is 7.08. The Morgan fingerprint density at radius 1 is 1.24 bits per heavy atom. The molecule has 1 aliphatic carbocycles. The molecule has 1 saturated heterocycles. The molecule has 0 spiro atoms. The minimum atomic E-state index is -0.204. The van der Waals surface area contributed by atoms with Crippen LogP contribution >= 0.6 is 24.0 Å². The maximum absolute atomic E-state index is 11.1. The monoisotopic (exact) mass is 466 g/mol. The first-order valence-corrected chi connectivity index (χ1v) is 9.54. The van der Waals surface area contributed by atoms with Gasteiger partial charge in [-0.3, -0.25) is 9.79 Å². The molecule has 1 saturated carbocycles. The molecule has 7 heteroatoms. The van der Waals surface area contributed by atoms with Crippen LogP contribution in [-0.2, 0) is 9.53 Å². The van der Waals surface area contributed by atoms with Gasteiger partial charge in [-0.2, -0.15) is 0 Å². The number of likely N-dealkylation sites (tertiary alicyclic amines) is 1. The Balaban J connectivity index is 0.00000312. The van der Waals surface area contributed by atoms with E-state index in [0.29, 0.717) is 18.4 Å². The van der Waals surface area contributed by atoms with Crippen molar-refractivity contribution in [3.63, 3.8) is 0 Å². The third-order valence-electron chi connectivity index (χ3n) is 5.03. The van der Waals surface area contributed by atoms with Crippen LogP contribution in [0, 0.1) is 5.92 Å². The molecule has 1 unspecified atom stereocenters. The maximum Gasteiger partial charge on any atom is 0.217 e. The molecule has 3 N–H and O–H groups in total. The van der Waals surface area contributed by atoms with E-state index >= 15 is 0 Å². The zero-order chi connectivity index (χ0) is 17.2. The van der Waals surface area contributed by atoms with E-state index in [1.807, 2.05) is 7.05 Å². The van der Waals surface area contributed by atoms with Crippen molar-refractivity contribution in [3.05, 3.63) is 0 Å². The number of primary amides is 1. The predicted octanol–water partition coefficient (Wildman–Crippen LogP) is 2.51. The van der Waals surface area contributed by atoms with Gasteiger partial charge in [0.1, 0.15) is 0 Å². The van der Waals surface area contributed by atoms with Crippen LogP contribution in [0.15, 0.2) is 4.99 Å². The fourth-order valence-corrected chi connectivity index (χ4v) is 3.80. The zero-order valence-electron chi connectivity index (χ0n) is 15.5. The van der Waals surface area contributed by atoms with Gasteiger partial charge < -0.3 is 20.7 Å². The molecule has 0 aromatic carbocycles. The number of guanidine groups is 1. The van der Waals surface area contributed by atoms with E-state index in [4.69, 9.17) is 10.5 Å². The van der Waals surface area contributed by atoms with E-state index in [9.17, 15) is 4.79 Å². The number of piperidine rings is 1. The van der Waals surface area contributed by atoms with Gasteiger partial charge in [0.15, 0.2) is 5.96 Å². The first-order valence-electron chi connectivity index (χ1n) is 9.54. The Kier molecular flexibility index (Phi) is 11.4. The molecule has 0 aromatic rings. The molecule has 1 atom stereocenters. The number of nitrogens with one attached hydrogen (secondary N) is 1. The predicted molar refractivity (Wildman–Crippen MR) is 112 cm³/mol. The summed E-state index contributed by atoms with van der Waals surface area (Å²) in [6, 6.07) is 0. The van der Waals surface area contributed by atoms with Gasteiger partial charge in [0.2, 0.25) is 5.91 Å². The van der Waals surface area contributed by atoms with Gasteiger partial charge in [-0.25, -0.2) is 0 Å². The first kappa shape index (κ1) is 22.5. The van der Waals surface area contributed by atoms with E-state index in [1.54, 1.807) is 0 Å². The van der Waals surface area contributed by atoms with Crippen LogP contribution in [0.3, 0.4) is 0 Å². The molecule has 1 aliphatic heterocycles. The zero-order valence-corrected chi connectivity index (χ0v) is 17.9. The quantitative estimate of drug-likeness (QED) is 0.262. The Hall–Kier alpha value is -0.570. The molecule has 0 radical (unpaired) electrons. The molecule has 1 heterocycles. The van der Waals surface area contributed by atoms with Crippen molar-refractivity contribution in [1.29, 1.82) is 0 Å². The molecule has 6 nitrogen and oxygen atoms in total. The van der Waals surface area contributed by atoms with Crippen LogP contribution in [0.25, 0.3) is 0 Å². The fraction of sp³-hybridized carbons (Fsp3) is 0.889. The maximum atomic E-state index is 11.1. The van der Waals surface area contributed by atoms with Crippen LogP contribution in [0.5, 0.6) is 0 Å². The molecular weight excluding hydrogens is 431 g/mol. The van der Waals surface area contributed by atoms with Crippen LogP contribution in [-0.4, -0.2) is 56.2 Å². The van der Waals surface area contributed by atoms with Gasteiger partial charge in [-0.15, -0.1) is 24.0 Å². The summed E-state index contributed by atoms with van der Waals surface area (Å²) < 4.78 is 5.96. The molecule has 2 fully saturated rings. The van der Waals surface area contributed by atoms with Gasteiger partial charge >= 0.3 is 0 Å². The van der Waals surface area contributed by atoms with Crippen molar-refractivity contribution in [2.45, 2.75) is 63.9 Å². The Morgan fingerprint density at radius 3 is 2.68 bits per heavy atom. The average molecular weight is 466 g/mol. The highest BCUT2D eigenvalue weighted by Crippen LogP contribution is 2.20. The summed E-state index contributed by atoms with van der Waals surface area (Å²) in [4.78, 5) is 17.8. The molecule has 0 aromatic heterocycles. The number of halogens is 1. The summed E-state index contributed by atoms with van der Waals surface area (Å²) in [6.07, 6.45) is 10.6. The lowest BCUT2D eigenvalue weighted by Gasteiger charge is -2.34. The van der Waals surface area contributed by atoms with Crippen LogP contribution in [0.4, 0.5) is 0 Å². The average Bonchev–Trinajstić information content (AvgIpc) is 2.58. The van der Waals surface area contributed by atoms with Crippen LogP contribution < -0.4 is 11.1 Å². The molecule has 1 amide bonds. The number of aliphatic imine (C=N–C) groups is 1. The van der Waals surface area contributed by atoms with Crippen molar-refractivity contribution in [1.82, 2.24) is 10.2 Å². The van der Waals surface area contributed by atoms with Gasteiger partial charge in [0.25, 0.3) is 0 Å². The summed E-state index contributed by atoms with van der Waals surface area (Å²) >= 11 is 0. The van der Waals surface area contributed by atoms with Gasteiger partial charge in [0, 0.05) is 39.7 Å². The van der Waals surface area contributed by atoms with Gasteiger partial charge in [-0.1, -0.05) is 19.3 Å². The van der Waals surface area contributed by atoms with E-state index in [1.165, 1.54) is 32.1 Å². The molecule has 2 aliphatic rings. The largest absolute Gasteiger partial charge is 0.378 e. The summed E-state index contributed by atoms with van der Waals surface area (Å²) in [7, 11) is 1.82. The number of carbonyl (C=O) groups excluding carboxylic acids is 1. The van der Waals surface area contributed by atoms with Crippen LogP contribution in [0.2, 0.25) is 0 Å². The fourth-order valence-electron chi connectivity index (χ4n) is 3.80. The van der Waals surface area contributed by atoms with Gasteiger partial charge in [0.05, 0.1) is 6.10 Å². The van der Waals surface area contributed by atoms with Crippen molar-refractivity contribution in [2.75, 3.05) is 33.3 Å². The number of hydrogen-bond acceptors (Lipinski definition) is 3. The second-order valence-corrected chi connectivity index (χ2v) is 7.08. The smallest absolute Gasteiger partial charge is 0.217 e. The van der Waals surface area contributed by atoms with Crippen molar-refractivity contribution >= 4 is 35.8 Å². The van der Waals surface area contributed by atoms with Crippen molar-refractivity contribution in [3.8, 4) is 0 Å².